The number of carbonyl (C=O) groups is 1. The van der Waals surface area contributed by atoms with Crippen LogP contribution in [0.2, 0.25) is 0 Å². The lowest BCUT2D eigenvalue weighted by Crippen LogP contribution is -2.43. The van der Waals surface area contributed by atoms with Crippen LogP contribution >= 0.6 is 0 Å². The maximum atomic E-state index is 12.4. The highest BCUT2D eigenvalue weighted by Gasteiger charge is 2.38. The van der Waals surface area contributed by atoms with Crippen LogP contribution in [0.1, 0.15) is 18.4 Å². The Kier molecular flexibility index (Phi) is 8.15. The molecular weight excluding hydrogens is 480 g/mol. The van der Waals surface area contributed by atoms with Gasteiger partial charge in [-0.15, -0.1) is 13.2 Å². The van der Waals surface area contributed by atoms with Crippen molar-refractivity contribution in [1.82, 2.24) is 10.3 Å². The molecule has 0 saturated carbocycles. The second-order valence-electron chi connectivity index (χ2n) is 7.85. The van der Waals surface area contributed by atoms with E-state index in [0.29, 0.717) is 12.6 Å². The van der Waals surface area contributed by atoms with E-state index in [4.69, 9.17) is 9.90 Å². The Morgan fingerprint density at radius 1 is 1.00 bits per heavy atom. The standard InChI is InChI=1S/C21H22F3N3O.C2HF3O2/c22-21(23,24)28-19-4-1-15(2-5-19)14-27(17-8-10-25-11-9-17)18-3-6-20-16(13-18)7-12-26-20;3-2(4,5)1(6)7/h1-7,12-13,17,25-26H,8-11,14H2;(H,6,7). The van der Waals surface area contributed by atoms with Gasteiger partial charge in [-0.3, -0.25) is 0 Å². The van der Waals surface area contributed by atoms with E-state index in [2.05, 4.69) is 38.1 Å². The molecule has 2 aromatic carbocycles. The summed E-state index contributed by atoms with van der Waals surface area (Å²) in [5.74, 6) is -2.95. The fourth-order valence-corrected chi connectivity index (χ4v) is 3.76. The zero-order valence-electron chi connectivity index (χ0n) is 18.3. The van der Waals surface area contributed by atoms with Gasteiger partial charge >= 0.3 is 18.5 Å². The van der Waals surface area contributed by atoms with E-state index in [0.717, 1.165) is 48.1 Å². The molecule has 0 aliphatic carbocycles. The molecule has 1 aliphatic rings. The monoisotopic (exact) mass is 503 g/mol. The number of H-pyrrole nitrogens is 1. The predicted molar refractivity (Wildman–Crippen MR) is 117 cm³/mol. The number of nitrogens with one attached hydrogen (secondary N) is 2. The molecule has 3 aromatic rings. The van der Waals surface area contributed by atoms with Crippen LogP contribution in [0.5, 0.6) is 5.75 Å². The molecule has 0 spiro atoms. The van der Waals surface area contributed by atoms with E-state index in [9.17, 15) is 26.3 Å². The molecule has 1 saturated heterocycles. The lowest BCUT2D eigenvalue weighted by atomic mass is 10.0. The summed E-state index contributed by atoms with van der Waals surface area (Å²) in [5, 5.41) is 11.7. The first-order valence-electron chi connectivity index (χ1n) is 10.6. The van der Waals surface area contributed by atoms with Crippen LogP contribution in [-0.4, -0.2) is 47.7 Å². The Labute approximate surface area is 196 Å². The predicted octanol–water partition coefficient (Wildman–Crippen LogP) is 5.46. The van der Waals surface area contributed by atoms with Gasteiger partial charge in [0.1, 0.15) is 5.75 Å². The molecule has 6 nitrogen and oxygen atoms in total. The first-order chi connectivity index (χ1) is 16.4. The van der Waals surface area contributed by atoms with Crippen molar-refractivity contribution in [1.29, 1.82) is 0 Å². The van der Waals surface area contributed by atoms with Crippen molar-refractivity contribution in [2.24, 2.45) is 0 Å². The van der Waals surface area contributed by atoms with Gasteiger partial charge < -0.3 is 25.0 Å². The highest BCUT2D eigenvalue weighted by Crippen LogP contribution is 2.29. The van der Waals surface area contributed by atoms with Crippen molar-refractivity contribution in [2.75, 3.05) is 18.0 Å². The topological polar surface area (TPSA) is 77.6 Å². The average Bonchev–Trinajstić information content (AvgIpc) is 3.26. The molecule has 1 aliphatic heterocycles. The second kappa shape index (κ2) is 10.9. The number of aliphatic carboxylic acids is 1. The van der Waals surface area contributed by atoms with Crippen LogP contribution in [-0.2, 0) is 11.3 Å². The lowest BCUT2D eigenvalue weighted by molar-refractivity contribution is -0.274. The number of fused-ring (bicyclic) bond motifs is 1. The number of anilines is 1. The fourth-order valence-electron chi connectivity index (χ4n) is 3.76. The second-order valence-corrected chi connectivity index (χ2v) is 7.85. The highest BCUT2D eigenvalue weighted by molar-refractivity contribution is 5.83. The van der Waals surface area contributed by atoms with Crippen molar-refractivity contribution in [3.8, 4) is 5.75 Å². The van der Waals surface area contributed by atoms with Gasteiger partial charge in [0.05, 0.1) is 0 Å². The normalized spacial score (nSPS) is 14.8. The Morgan fingerprint density at radius 2 is 1.63 bits per heavy atom. The number of benzene rings is 2. The third-order valence-electron chi connectivity index (χ3n) is 5.37. The van der Waals surface area contributed by atoms with Crippen molar-refractivity contribution in [3.05, 3.63) is 60.3 Å². The number of hydrogen-bond acceptors (Lipinski definition) is 4. The van der Waals surface area contributed by atoms with Crippen LogP contribution < -0.4 is 15.0 Å². The Bertz CT molecular complexity index is 1110. The van der Waals surface area contributed by atoms with Gasteiger partial charge in [0.25, 0.3) is 0 Å². The van der Waals surface area contributed by atoms with Crippen LogP contribution in [0.4, 0.5) is 32.0 Å². The van der Waals surface area contributed by atoms with E-state index in [1.165, 1.54) is 12.1 Å². The summed E-state index contributed by atoms with van der Waals surface area (Å²) in [4.78, 5) is 14.5. The average molecular weight is 503 g/mol. The first-order valence-corrected chi connectivity index (χ1v) is 10.6. The molecule has 0 radical (unpaired) electrons. The highest BCUT2D eigenvalue weighted by atomic mass is 19.4. The van der Waals surface area contributed by atoms with E-state index in [1.807, 2.05) is 12.3 Å². The number of aromatic nitrogens is 1. The largest absolute Gasteiger partial charge is 0.573 e. The Morgan fingerprint density at radius 3 is 2.20 bits per heavy atom. The van der Waals surface area contributed by atoms with Gasteiger partial charge in [-0.2, -0.15) is 13.2 Å². The maximum Gasteiger partial charge on any atom is 0.573 e. The minimum atomic E-state index is -5.08. The number of alkyl halides is 6. The van der Waals surface area contributed by atoms with Crippen molar-refractivity contribution in [2.45, 2.75) is 38.0 Å². The lowest BCUT2D eigenvalue weighted by Gasteiger charge is -2.36. The van der Waals surface area contributed by atoms with Gasteiger partial charge in [0, 0.05) is 35.4 Å². The van der Waals surface area contributed by atoms with Crippen molar-refractivity contribution < 1.29 is 41.0 Å². The fraction of sp³-hybridized carbons (Fsp3) is 0.348. The Balaban J connectivity index is 0.000000429. The summed E-state index contributed by atoms with van der Waals surface area (Å²) in [6.45, 7) is 2.56. The van der Waals surface area contributed by atoms with Gasteiger partial charge in [0.15, 0.2) is 0 Å². The van der Waals surface area contributed by atoms with Gasteiger partial charge in [0.2, 0.25) is 0 Å². The number of halogens is 6. The third-order valence-corrected chi connectivity index (χ3v) is 5.37. The van der Waals surface area contributed by atoms with E-state index < -0.39 is 18.5 Å². The van der Waals surface area contributed by atoms with Gasteiger partial charge in [-0.05, 0) is 67.9 Å². The quantitative estimate of drug-likeness (QED) is 0.403. The molecule has 12 heteroatoms. The molecule has 35 heavy (non-hydrogen) atoms. The van der Waals surface area contributed by atoms with Gasteiger partial charge in [-0.1, -0.05) is 12.1 Å². The maximum absolute atomic E-state index is 12.4. The number of hydrogen-bond donors (Lipinski definition) is 3. The number of nitrogens with zero attached hydrogens (tertiary/aromatic N) is 1. The van der Waals surface area contributed by atoms with E-state index in [1.54, 1.807) is 12.1 Å². The number of carboxylic acids is 1. The summed E-state index contributed by atoms with van der Waals surface area (Å²) in [7, 11) is 0. The molecule has 3 N–H and O–H groups in total. The number of ether oxygens (including phenoxy) is 1. The summed E-state index contributed by atoms with van der Waals surface area (Å²) < 4.78 is 72.8. The number of piperidine rings is 1. The molecule has 0 unspecified atom stereocenters. The van der Waals surface area contributed by atoms with Crippen LogP contribution in [0.15, 0.2) is 54.7 Å². The minimum absolute atomic E-state index is 0.196. The summed E-state index contributed by atoms with van der Waals surface area (Å²) >= 11 is 0. The van der Waals surface area contributed by atoms with E-state index >= 15 is 0 Å². The van der Waals surface area contributed by atoms with Crippen molar-refractivity contribution >= 4 is 22.6 Å². The number of rotatable bonds is 5. The molecular formula is C23H23F6N3O3. The Hall–Kier alpha value is -3.41. The molecule has 2 heterocycles. The van der Waals surface area contributed by atoms with Crippen LogP contribution in [0.25, 0.3) is 10.9 Å². The zero-order valence-corrected chi connectivity index (χ0v) is 18.3. The summed E-state index contributed by atoms with van der Waals surface area (Å²) in [6.07, 6.45) is -5.78. The summed E-state index contributed by atoms with van der Waals surface area (Å²) in [5.41, 5.74) is 3.15. The number of aromatic amines is 1. The van der Waals surface area contributed by atoms with Crippen molar-refractivity contribution in [3.63, 3.8) is 0 Å². The van der Waals surface area contributed by atoms with E-state index in [-0.39, 0.29) is 5.75 Å². The summed E-state index contributed by atoms with van der Waals surface area (Å²) in [6, 6.07) is 14.9. The molecule has 190 valence electrons. The first kappa shape index (κ1) is 26.2. The molecule has 1 fully saturated rings. The van der Waals surface area contributed by atoms with Crippen LogP contribution in [0.3, 0.4) is 0 Å². The molecule has 4 rings (SSSR count). The zero-order chi connectivity index (χ0) is 25.6. The molecule has 0 atom stereocenters. The smallest absolute Gasteiger partial charge is 0.475 e. The minimum Gasteiger partial charge on any atom is -0.475 e. The molecule has 0 amide bonds. The van der Waals surface area contributed by atoms with Crippen LogP contribution in [0, 0.1) is 0 Å². The third kappa shape index (κ3) is 7.81. The molecule has 0 bridgehead atoms. The number of carboxylic acid groups (broad SMARTS) is 1. The SMILES string of the molecule is FC(F)(F)Oc1ccc(CN(c2ccc3[nH]ccc3c2)C2CCNCC2)cc1.O=C(O)C(F)(F)F. The van der Waals surface area contributed by atoms with Gasteiger partial charge in [-0.25, -0.2) is 4.79 Å². The molecule has 1 aromatic heterocycles.